The van der Waals surface area contributed by atoms with Gasteiger partial charge in [-0.05, 0) is 52.6 Å². The molecule has 1 aliphatic heterocycles. The maximum atomic E-state index is 4.04. The number of allylic oxidation sites excluding steroid dienone is 5. The number of halogens is 1. The molecule has 1 nitrogen and oxygen atoms in total. The maximum absolute atomic E-state index is 4.04. The van der Waals surface area contributed by atoms with Crippen LogP contribution in [0.15, 0.2) is 101 Å². The summed E-state index contributed by atoms with van der Waals surface area (Å²) in [6, 6.07) is 24.3. The lowest BCUT2D eigenvalue weighted by Gasteiger charge is -2.28. The number of rotatable bonds is 3. The third kappa shape index (κ3) is 2.39. The van der Waals surface area contributed by atoms with Crippen molar-refractivity contribution in [3.8, 4) is 5.69 Å². The first-order chi connectivity index (χ1) is 13.8. The van der Waals surface area contributed by atoms with E-state index in [2.05, 4.69) is 120 Å². The van der Waals surface area contributed by atoms with Gasteiger partial charge in [-0.3, -0.25) is 0 Å². The summed E-state index contributed by atoms with van der Waals surface area (Å²) >= 11 is 2.42. The average Bonchev–Trinajstić information content (AvgIpc) is 3.09. The molecule has 1 aliphatic rings. The molecule has 0 unspecified atom stereocenters. The molecule has 28 heavy (non-hydrogen) atoms. The van der Waals surface area contributed by atoms with Gasteiger partial charge in [-0.15, -0.1) is 0 Å². The molecular weight excluding hydrogens is 452 g/mol. The van der Waals surface area contributed by atoms with Crippen LogP contribution in [0.1, 0.15) is 6.92 Å². The molecule has 3 heteroatoms. The number of benzene rings is 3. The Labute approximate surface area is 179 Å². The smallest absolute Gasteiger partial charge is 0.248 e. The van der Waals surface area contributed by atoms with Crippen molar-refractivity contribution in [2.45, 2.75) is 6.92 Å². The van der Waals surface area contributed by atoms with E-state index in [4.69, 9.17) is 0 Å². The Kier molecular flexibility index (Phi) is 4.28. The predicted molar refractivity (Wildman–Crippen MR) is 132 cm³/mol. The number of fused-ring (bicyclic) bond motifs is 5. The predicted octanol–water partition coefficient (Wildman–Crippen LogP) is 5.70. The molecule has 3 aromatic carbocycles. The first kappa shape index (κ1) is 17.6. The molecule has 0 N–H and O–H groups in total. The zero-order valence-electron chi connectivity index (χ0n) is 15.7. The van der Waals surface area contributed by atoms with E-state index in [9.17, 15) is 0 Å². The van der Waals surface area contributed by atoms with E-state index < -0.39 is 0 Å². The molecule has 1 aromatic heterocycles. The summed E-state index contributed by atoms with van der Waals surface area (Å²) in [5.41, 5.74) is 7.86. The summed E-state index contributed by atoms with van der Waals surface area (Å²) in [6.45, 7) is 6.31. The van der Waals surface area contributed by atoms with Crippen molar-refractivity contribution in [2.24, 2.45) is 0 Å². The van der Waals surface area contributed by atoms with E-state index in [1.807, 2.05) is 6.08 Å². The molecule has 4 aromatic rings. The fourth-order valence-electron chi connectivity index (χ4n) is 4.58. The molecule has 0 bridgehead atoms. The van der Waals surface area contributed by atoms with Gasteiger partial charge in [0.05, 0.1) is 5.52 Å². The van der Waals surface area contributed by atoms with Crippen molar-refractivity contribution in [3.05, 3.63) is 101 Å². The van der Waals surface area contributed by atoms with Crippen LogP contribution in [0.4, 0.5) is 0 Å². The Morgan fingerprint density at radius 1 is 0.929 bits per heavy atom. The monoisotopic (exact) mass is 471 g/mol. The zero-order chi connectivity index (χ0) is 19.3. The van der Waals surface area contributed by atoms with Crippen LogP contribution in [-0.2, 0) is 0 Å². The van der Waals surface area contributed by atoms with Crippen LogP contribution in [0.5, 0.6) is 0 Å². The van der Waals surface area contributed by atoms with Crippen molar-refractivity contribution >= 4 is 62.0 Å². The number of aromatic nitrogens is 1. The molecule has 0 fully saturated rings. The quantitative estimate of drug-likeness (QED) is 0.206. The van der Waals surface area contributed by atoms with E-state index >= 15 is 0 Å². The standard InChI is InChI=1S/C25H19BIN/c1-3-10-19(22(27)4-2)26-20-13-6-8-16-24(20)28-23-15-7-5-11-17(23)18-12-9-14-21(26)25(18)28/h3-16H,2H2,1H3/b10-3-,22-19-. The van der Waals surface area contributed by atoms with Gasteiger partial charge in [-0.2, -0.15) is 0 Å². The van der Waals surface area contributed by atoms with Crippen LogP contribution in [0.3, 0.4) is 0 Å². The highest BCUT2D eigenvalue weighted by atomic mass is 127. The Bertz CT molecular complexity index is 1310. The largest absolute Gasteiger partial charge is 0.310 e. The van der Waals surface area contributed by atoms with Crippen molar-refractivity contribution in [2.75, 3.05) is 0 Å². The Balaban J connectivity index is 2.00. The van der Waals surface area contributed by atoms with Gasteiger partial charge < -0.3 is 4.57 Å². The average molecular weight is 471 g/mol. The minimum Gasteiger partial charge on any atom is -0.310 e. The lowest BCUT2D eigenvalue weighted by Crippen LogP contribution is -2.49. The summed E-state index contributed by atoms with van der Waals surface area (Å²) < 4.78 is 3.64. The van der Waals surface area contributed by atoms with Crippen molar-refractivity contribution in [1.29, 1.82) is 0 Å². The van der Waals surface area contributed by atoms with E-state index in [-0.39, 0.29) is 6.71 Å². The molecule has 134 valence electrons. The van der Waals surface area contributed by atoms with Gasteiger partial charge in [-0.1, -0.05) is 84.9 Å². The first-order valence-corrected chi connectivity index (χ1v) is 10.6. The fraction of sp³-hybridized carbons (Fsp3) is 0.0400. The molecule has 2 heterocycles. The van der Waals surface area contributed by atoms with Crippen molar-refractivity contribution in [1.82, 2.24) is 4.57 Å². The summed E-state index contributed by atoms with van der Waals surface area (Å²) in [5, 5.41) is 2.63. The number of nitrogens with zero attached hydrogens (tertiary/aromatic N) is 1. The molecule has 0 saturated heterocycles. The van der Waals surface area contributed by atoms with Gasteiger partial charge in [0.25, 0.3) is 0 Å². The minimum atomic E-state index is 0.192. The van der Waals surface area contributed by atoms with Gasteiger partial charge in [0.15, 0.2) is 0 Å². The molecule has 0 amide bonds. The normalized spacial score (nSPS) is 13.9. The van der Waals surface area contributed by atoms with Crippen LogP contribution in [0, 0.1) is 0 Å². The third-order valence-corrected chi connectivity index (χ3v) is 6.70. The van der Waals surface area contributed by atoms with Crippen LogP contribution in [0.25, 0.3) is 27.5 Å². The fourth-order valence-corrected chi connectivity index (χ4v) is 5.07. The third-order valence-electron chi connectivity index (χ3n) is 5.64. The molecule has 0 atom stereocenters. The molecular formula is C25H19BIN. The first-order valence-electron chi connectivity index (χ1n) is 9.52. The van der Waals surface area contributed by atoms with Gasteiger partial charge in [0, 0.05) is 25.6 Å². The van der Waals surface area contributed by atoms with Gasteiger partial charge >= 0.3 is 0 Å². The highest BCUT2D eigenvalue weighted by molar-refractivity contribution is 14.1. The molecule has 0 saturated carbocycles. The van der Waals surface area contributed by atoms with Crippen LogP contribution in [-0.4, -0.2) is 11.3 Å². The maximum Gasteiger partial charge on any atom is 0.248 e. The SMILES string of the molecule is C=C/C(I)=C(\C=C/C)B1c2ccccc2-n2c3ccccc3c3cccc1c32. The highest BCUT2D eigenvalue weighted by Crippen LogP contribution is 2.34. The topological polar surface area (TPSA) is 4.93 Å². The summed E-state index contributed by atoms with van der Waals surface area (Å²) in [4.78, 5) is 0. The number of para-hydroxylation sites is 3. The Hall–Kier alpha value is -2.53. The summed E-state index contributed by atoms with van der Waals surface area (Å²) in [7, 11) is 0. The second-order valence-electron chi connectivity index (χ2n) is 7.10. The van der Waals surface area contributed by atoms with Crippen LogP contribution >= 0.6 is 22.6 Å². The second kappa shape index (κ2) is 6.82. The Morgan fingerprint density at radius 2 is 1.64 bits per heavy atom. The number of hydrogen-bond acceptors (Lipinski definition) is 0. The number of hydrogen-bond donors (Lipinski definition) is 0. The second-order valence-corrected chi connectivity index (χ2v) is 8.26. The van der Waals surface area contributed by atoms with E-state index in [1.165, 1.54) is 47.5 Å². The van der Waals surface area contributed by atoms with Crippen LogP contribution in [0.2, 0.25) is 0 Å². The van der Waals surface area contributed by atoms with Gasteiger partial charge in [0.2, 0.25) is 6.71 Å². The lowest BCUT2D eigenvalue weighted by atomic mass is 9.35. The lowest BCUT2D eigenvalue weighted by molar-refractivity contribution is 1.19. The van der Waals surface area contributed by atoms with Gasteiger partial charge in [-0.25, -0.2) is 0 Å². The zero-order valence-corrected chi connectivity index (χ0v) is 17.9. The molecule has 5 rings (SSSR count). The van der Waals surface area contributed by atoms with Crippen molar-refractivity contribution in [3.63, 3.8) is 0 Å². The minimum absolute atomic E-state index is 0.192. The molecule has 0 radical (unpaired) electrons. The van der Waals surface area contributed by atoms with E-state index in [0.29, 0.717) is 0 Å². The van der Waals surface area contributed by atoms with Gasteiger partial charge in [0.1, 0.15) is 0 Å². The van der Waals surface area contributed by atoms with Crippen LogP contribution < -0.4 is 10.9 Å². The van der Waals surface area contributed by atoms with E-state index in [1.54, 1.807) is 0 Å². The molecule has 0 aliphatic carbocycles. The van der Waals surface area contributed by atoms with E-state index in [0.717, 1.165) is 0 Å². The highest BCUT2D eigenvalue weighted by Gasteiger charge is 2.34. The van der Waals surface area contributed by atoms with Crippen molar-refractivity contribution < 1.29 is 0 Å². The summed E-state index contributed by atoms with van der Waals surface area (Å²) in [6.07, 6.45) is 6.33. The summed E-state index contributed by atoms with van der Waals surface area (Å²) in [5.74, 6) is 0. The Morgan fingerprint density at radius 3 is 2.46 bits per heavy atom. The molecule has 0 spiro atoms.